The molecule has 8 N–H and O–H groups in total. The first kappa shape index (κ1) is 25.9. The van der Waals surface area contributed by atoms with Crippen LogP contribution in [0, 0.1) is 17.1 Å². The fourth-order valence-corrected chi connectivity index (χ4v) is 5.99. The molecule has 3 rings (SSSR count). The lowest BCUT2D eigenvalue weighted by Gasteiger charge is -2.24. The Hall–Kier alpha value is -1.74. The number of nitrogens with one attached hydrogen (secondary N) is 1. The van der Waals surface area contributed by atoms with Gasteiger partial charge in [0.15, 0.2) is 17.7 Å². The van der Waals surface area contributed by atoms with E-state index in [-0.39, 0.29) is 0 Å². The Bertz CT molecular complexity index is 1540. The van der Waals surface area contributed by atoms with Gasteiger partial charge in [0.2, 0.25) is 11.6 Å². The first-order valence-corrected chi connectivity index (χ1v) is 13.6. The van der Waals surface area contributed by atoms with Crippen molar-refractivity contribution >= 4 is 52.1 Å². The zero-order chi connectivity index (χ0) is 29.1. The van der Waals surface area contributed by atoms with Gasteiger partial charge in [-0.25, -0.2) is 22.5 Å². The van der Waals surface area contributed by atoms with E-state index in [0.717, 1.165) is 0 Å². The maximum absolute atomic E-state index is 16.0. The second-order valence-electron chi connectivity index (χ2n) is 6.68. The van der Waals surface area contributed by atoms with Crippen LogP contribution in [-0.2, 0) is 31.6 Å². The highest BCUT2D eigenvalue weighted by Gasteiger charge is 2.59. The van der Waals surface area contributed by atoms with E-state index in [2.05, 4.69) is 18.1 Å². The van der Waals surface area contributed by atoms with Crippen molar-refractivity contribution in [2.45, 2.75) is 24.1 Å². The van der Waals surface area contributed by atoms with Gasteiger partial charge in [0.05, 0.1) is 9.30 Å². The minimum atomic E-state index is -6.17. The molecule has 0 aliphatic carbocycles. The third-order valence-electron chi connectivity index (χ3n) is 4.20. The molecule has 3 unspecified atom stereocenters. The van der Waals surface area contributed by atoms with Gasteiger partial charge in [-0.15, -0.1) is 0 Å². The summed E-state index contributed by atoms with van der Waals surface area (Å²) in [5, 5.41) is 11.3. The van der Waals surface area contributed by atoms with Crippen molar-refractivity contribution in [3.63, 3.8) is 0 Å². The van der Waals surface area contributed by atoms with Gasteiger partial charge in [-0.1, -0.05) is 0 Å². The molecule has 0 amide bonds. The van der Waals surface area contributed by atoms with Crippen LogP contribution in [0.15, 0.2) is 11.0 Å². The summed E-state index contributed by atoms with van der Waals surface area (Å²) < 4.78 is 97.0. The van der Waals surface area contributed by atoms with Gasteiger partial charge in [-0.05, 0) is 17.5 Å². The van der Waals surface area contributed by atoms with Crippen LogP contribution in [0.3, 0.4) is 0 Å². The molecule has 0 radical (unpaired) electrons. The van der Waals surface area contributed by atoms with Crippen molar-refractivity contribution in [3.8, 4) is 11.3 Å². The monoisotopic (exact) mass is 602 g/mol. The van der Waals surface area contributed by atoms with Crippen LogP contribution in [0.25, 0.3) is 11.0 Å². The molecule has 200 valence electrons. The molecule has 36 heavy (non-hydrogen) atoms. The molecule has 23 heteroatoms. The Morgan fingerprint density at radius 1 is 1.33 bits per heavy atom. The van der Waals surface area contributed by atoms with Crippen LogP contribution in [0.4, 0.5) is 14.7 Å². The smallest absolute Gasteiger partial charge is 0.386 e. The number of hydrogen-bond acceptors (Lipinski definition) is 11. The number of nitrogens with zero attached hydrogens (tertiary/aromatic N) is 2. The highest BCUT2D eigenvalue weighted by molar-refractivity contribution is 7.66. The summed E-state index contributed by atoms with van der Waals surface area (Å²) in [6.45, 7) is -3.85. The Morgan fingerprint density at radius 2 is 1.97 bits per heavy atom. The van der Waals surface area contributed by atoms with Gasteiger partial charge in [0, 0.05) is 11.6 Å². The first-order valence-electron chi connectivity index (χ1n) is 9.68. The van der Waals surface area contributed by atoms with Crippen molar-refractivity contribution in [1.29, 1.82) is 0 Å². The average Bonchev–Trinajstić information content (AvgIpc) is 3.12. The molecule has 1 aliphatic heterocycles. The molecule has 0 saturated carbocycles. The van der Waals surface area contributed by atoms with Crippen molar-refractivity contribution in [2.24, 2.45) is 0 Å². The van der Waals surface area contributed by atoms with Gasteiger partial charge in [0.1, 0.15) is 17.6 Å². The predicted octanol–water partition coefficient (Wildman–Crippen LogP) is -0.0445. The van der Waals surface area contributed by atoms with E-state index in [1.807, 2.05) is 4.98 Å². The van der Waals surface area contributed by atoms with Crippen LogP contribution in [0.1, 0.15) is 8.97 Å². The van der Waals surface area contributed by atoms with Gasteiger partial charge in [-0.2, -0.15) is 13.6 Å². The minimum absolute atomic E-state index is 0.446. The van der Waals surface area contributed by atoms with E-state index in [0.29, 0.717) is 10.8 Å². The summed E-state index contributed by atoms with van der Waals surface area (Å²) in [6, 6.07) is 0. The molecule has 3 heterocycles. The number of phosphoric acid groups is 3. The standard InChI is InChI=1S/C13H14ClF2N4O13P3/c14-2-1-13(16)8(21)6(4-30-35(26,27)33-36(28,29)32-34(23,24)25)31-11(13)20-3-5(15)7-9(20)18-12(17)19-10(7)22/h3,6,8,11,21H,4H2,(H,26,27)(H,28,29)(H2,23,24,25)(H3,17,18,19,22)/t6-,8+,11-,13?/m1/s1/i4D2. The number of phosphoric ester groups is 1. The number of aliphatic hydroxyl groups is 1. The number of nitrogen functional groups attached to an aromatic ring is 1. The molecule has 2 aromatic rings. The molecule has 1 aliphatic rings. The number of aromatic amines is 1. The summed E-state index contributed by atoms with van der Waals surface area (Å²) in [7, 11) is -18.0. The van der Waals surface area contributed by atoms with Crippen LogP contribution in [0.2, 0.25) is 0 Å². The normalized spacial score (nSPS) is 29.1. The number of hydrogen-bond donors (Lipinski definition) is 7. The fraction of sp³-hybridized carbons (Fsp3) is 0.385. The summed E-state index contributed by atoms with van der Waals surface area (Å²) in [6.07, 6.45) is -7.43. The number of halogens is 3. The lowest BCUT2D eigenvalue weighted by atomic mass is 9.97. The maximum atomic E-state index is 16.0. The first-order chi connectivity index (χ1) is 17.1. The number of aromatic nitrogens is 3. The van der Waals surface area contributed by atoms with Crippen molar-refractivity contribution < 1.29 is 67.8 Å². The zero-order valence-corrected chi connectivity index (χ0v) is 20.2. The molecular weight excluding hydrogens is 587 g/mol. The van der Waals surface area contributed by atoms with Gasteiger partial charge in [0.25, 0.3) is 5.56 Å². The second-order valence-corrected chi connectivity index (χ2v) is 11.2. The molecule has 2 aromatic heterocycles. The lowest BCUT2D eigenvalue weighted by Crippen LogP contribution is -2.42. The van der Waals surface area contributed by atoms with E-state index in [9.17, 15) is 37.8 Å². The number of nitrogens with two attached hydrogens (primary N) is 1. The largest absolute Gasteiger partial charge is 0.490 e. The topological polar surface area (TPSA) is 266 Å². The van der Waals surface area contributed by atoms with E-state index in [4.69, 9.17) is 34.6 Å². The Balaban J connectivity index is 2.02. The number of fused-ring (bicyclic) bond motifs is 1. The number of rotatable bonds is 8. The third-order valence-corrected chi connectivity index (χ3v) is 7.96. The van der Waals surface area contributed by atoms with E-state index >= 15 is 4.39 Å². The molecule has 1 fully saturated rings. The van der Waals surface area contributed by atoms with Gasteiger partial charge in [-0.3, -0.25) is 18.9 Å². The molecule has 6 atom stereocenters. The van der Waals surface area contributed by atoms with Crippen LogP contribution in [-0.4, -0.2) is 63.7 Å². The van der Waals surface area contributed by atoms with Crippen LogP contribution in [0.5, 0.6) is 0 Å². The summed E-state index contributed by atoms with van der Waals surface area (Å²) >= 11 is 5.25. The minimum Gasteiger partial charge on any atom is -0.386 e. The Kier molecular flexibility index (Phi) is 7.09. The van der Waals surface area contributed by atoms with Crippen molar-refractivity contribution in [1.82, 2.24) is 14.5 Å². The predicted molar refractivity (Wildman–Crippen MR) is 112 cm³/mol. The number of ether oxygens (including phenoxy) is 1. The molecule has 1 saturated heterocycles. The quantitative estimate of drug-likeness (QED) is 0.154. The summed E-state index contributed by atoms with van der Waals surface area (Å²) in [5.41, 5.74) is 0.155. The highest BCUT2D eigenvalue weighted by Crippen LogP contribution is 2.66. The molecule has 17 nitrogen and oxygen atoms in total. The fourth-order valence-electron chi connectivity index (χ4n) is 2.97. The summed E-state index contributed by atoms with van der Waals surface area (Å²) in [5.74, 6) is -0.214. The van der Waals surface area contributed by atoms with Crippen molar-refractivity contribution in [3.05, 3.63) is 22.4 Å². The zero-order valence-electron chi connectivity index (χ0n) is 18.8. The van der Waals surface area contributed by atoms with Gasteiger partial charge >= 0.3 is 23.5 Å². The molecule has 0 aromatic carbocycles. The number of alkyl halides is 1. The molecular formula is C13H14ClF2N4O13P3. The van der Waals surface area contributed by atoms with E-state index < -0.39 is 82.5 Å². The Labute approximate surface area is 205 Å². The second kappa shape index (κ2) is 9.86. The molecule has 0 spiro atoms. The third kappa shape index (κ3) is 6.04. The van der Waals surface area contributed by atoms with E-state index in [1.54, 1.807) is 11.3 Å². The van der Waals surface area contributed by atoms with E-state index in [1.165, 1.54) is 0 Å². The van der Waals surface area contributed by atoms with Crippen molar-refractivity contribution in [2.75, 3.05) is 12.3 Å². The SMILES string of the molecule is [2H]C([2H])(OP(=O)(O)OP(=O)(O)OP(=O)(O)O)[C@H]1O[C@@H](n2cc(F)c3c(=O)[nH]c(N)nc32)C(F)(C#CCl)[C@H]1O. The van der Waals surface area contributed by atoms with Gasteiger partial charge < -0.3 is 35.2 Å². The van der Waals surface area contributed by atoms with Crippen LogP contribution < -0.4 is 11.3 Å². The molecule has 0 bridgehead atoms. The Morgan fingerprint density at radius 3 is 2.56 bits per heavy atom. The highest BCUT2D eigenvalue weighted by atomic mass is 35.5. The maximum Gasteiger partial charge on any atom is 0.490 e. The summed E-state index contributed by atoms with van der Waals surface area (Å²) in [4.78, 5) is 53.7. The number of aliphatic hydroxyl groups excluding tert-OH is 1. The number of H-pyrrole nitrogens is 1. The lowest BCUT2D eigenvalue weighted by molar-refractivity contribution is -0.0495. The van der Waals surface area contributed by atoms with Crippen LogP contribution >= 0.6 is 35.1 Å². The average molecular weight is 603 g/mol. The number of anilines is 1.